The van der Waals surface area contributed by atoms with Gasteiger partial charge < -0.3 is 10.1 Å². The molecular weight excluding hydrogens is 214 g/mol. The fraction of sp³-hybridized carbons (Fsp3) is 0.929. The minimum absolute atomic E-state index is 0.000855. The van der Waals surface area contributed by atoms with Gasteiger partial charge in [-0.25, -0.2) is 0 Å². The van der Waals surface area contributed by atoms with E-state index in [1.54, 1.807) is 0 Å². The van der Waals surface area contributed by atoms with Crippen LogP contribution in [0.25, 0.3) is 0 Å². The number of fused-ring (bicyclic) bond motifs is 1. The maximum Gasteiger partial charge on any atom is 0.323 e. The first-order chi connectivity index (χ1) is 8.33. The van der Waals surface area contributed by atoms with Gasteiger partial charge >= 0.3 is 5.97 Å². The predicted octanol–water partition coefficient (Wildman–Crippen LogP) is 2.25. The van der Waals surface area contributed by atoms with E-state index < -0.39 is 0 Å². The van der Waals surface area contributed by atoms with Crippen molar-refractivity contribution in [2.45, 2.75) is 63.5 Å². The number of hydrogen-bond acceptors (Lipinski definition) is 3. The Hall–Kier alpha value is -0.570. The van der Waals surface area contributed by atoms with Crippen LogP contribution in [-0.2, 0) is 9.53 Å². The van der Waals surface area contributed by atoms with E-state index in [9.17, 15) is 4.79 Å². The summed E-state index contributed by atoms with van der Waals surface area (Å²) < 4.78 is 5.38. The van der Waals surface area contributed by atoms with Gasteiger partial charge in [0.15, 0.2) is 0 Å². The molecule has 0 spiro atoms. The molecule has 1 N–H and O–H groups in total. The highest BCUT2D eigenvalue weighted by molar-refractivity contribution is 5.76. The van der Waals surface area contributed by atoms with Crippen LogP contribution in [-0.4, -0.2) is 24.7 Å². The van der Waals surface area contributed by atoms with Crippen molar-refractivity contribution in [3.8, 4) is 0 Å². The highest BCUT2D eigenvalue weighted by Crippen LogP contribution is 2.33. The molecule has 2 aliphatic carbocycles. The van der Waals surface area contributed by atoms with Crippen LogP contribution >= 0.6 is 0 Å². The van der Waals surface area contributed by atoms with E-state index in [1.807, 2.05) is 0 Å². The van der Waals surface area contributed by atoms with Gasteiger partial charge in [0.2, 0.25) is 0 Å². The lowest BCUT2D eigenvalue weighted by Gasteiger charge is -2.39. The highest BCUT2D eigenvalue weighted by Gasteiger charge is 2.35. The zero-order valence-corrected chi connectivity index (χ0v) is 10.5. The van der Waals surface area contributed by atoms with Gasteiger partial charge in [-0.15, -0.1) is 0 Å². The summed E-state index contributed by atoms with van der Waals surface area (Å²) in [7, 11) is 0. The molecule has 0 radical (unpaired) electrons. The smallest absolute Gasteiger partial charge is 0.323 e. The molecule has 1 saturated heterocycles. The first-order valence-corrected chi connectivity index (χ1v) is 7.25. The number of nitrogens with one attached hydrogen (secondary N) is 1. The van der Waals surface area contributed by atoms with Crippen LogP contribution in [0.15, 0.2) is 0 Å². The summed E-state index contributed by atoms with van der Waals surface area (Å²) in [6.07, 6.45) is 9.97. The predicted molar refractivity (Wildman–Crippen MR) is 65.6 cm³/mol. The van der Waals surface area contributed by atoms with Gasteiger partial charge in [-0.3, -0.25) is 4.79 Å². The van der Waals surface area contributed by atoms with Gasteiger partial charge in [0, 0.05) is 6.04 Å². The number of esters is 1. The van der Waals surface area contributed by atoms with E-state index in [1.165, 1.54) is 44.9 Å². The molecular formula is C14H23NO2. The van der Waals surface area contributed by atoms with Crippen LogP contribution in [0.4, 0.5) is 0 Å². The van der Waals surface area contributed by atoms with E-state index in [2.05, 4.69) is 5.32 Å². The minimum atomic E-state index is -0.0203. The molecule has 3 atom stereocenters. The lowest BCUT2D eigenvalue weighted by Crippen LogP contribution is -2.52. The maximum absolute atomic E-state index is 11.9. The molecule has 3 fully saturated rings. The molecule has 0 bridgehead atoms. The molecule has 1 aliphatic heterocycles. The normalized spacial score (nSPS) is 37.3. The van der Waals surface area contributed by atoms with Crippen molar-refractivity contribution in [1.82, 2.24) is 5.32 Å². The second-order valence-corrected chi connectivity index (χ2v) is 6.02. The molecule has 3 aliphatic rings. The number of carbonyl (C=O) groups is 1. The molecule has 3 nitrogen and oxygen atoms in total. The first-order valence-electron chi connectivity index (χ1n) is 7.25. The Kier molecular flexibility index (Phi) is 3.37. The Morgan fingerprint density at radius 1 is 1.06 bits per heavy atom. The van der Waals surface area contributed by atoms with Gasteiger partial charge in [0.1, 0.15) is 6.04 Å². The summed E-state index contributed by atoms with van der Waals surface area (Å²) >= 11 is 0. The zero-order valence-electron chi connectivity index (χ0n) is 10.5. The van der Waals surface area contributed by atoms with E-state index in [0.29, 0.717) is 18.6 Å². The summed E-state index contributed by atoms with van der Waals surface area (Å²) in [5.41, 5.74) is 0. The quantitative estimate of drug-likeness (QED) is 0.765. The molecule has 0 amide bonds. The lowest BCUT2D eigenvalue weighted by atomic mass is 9.78. The minimum Gasteiger partial charge on any atom is -0.464 e. The number of piperidine rings is 1. The third-order valence-electron chi connectivity index (χ3n) is 4.59. The van der Waals surface area contributed by atoms with Gasteiger partial charge in [-0.05, 0) is 50.4 Å². The SMILES string of the molecule is O=C(OCC1CC1)C1CCC2CCCCC2N1. The van der Waals surface area contributed by atoms with Gasteiger partial charge in [0.25, 0.3) is 0 Å². The average Bonchev–Trinajstić information content (AvgIpc) is 3.19. The van der Waals surface area contributed by atoms with Crippen molar-refractivity contribution in [3.05, 3.63) is 0 Å². The molecule has 96 valence electrons. The van der Waals surface area contributed by atoms with Crippen LogP contribution in [0, 0.1) is 11.8 Å². The molecule has 17 heavy (non-hydrogen) atoms. The Morgan fingerprint density at radius 3 is 2.71 bits per heavy atom. The van der Waals surface area contributed by atoms with Crippen LogP contribution < -0.4 is 5.32 Å². The van der Waals surface area contributed by atoms with Crippen molar-refractivity contribution >= 4 is 5.97 Å². The number of hydrogen-bond donors (Lipinski definition) is 1. The lowest BCUT2D eigenvalue weighted by molar-refractivity contribution is -0.148. The number of ether oxygens (including phenoxy) is 1. The molecule has 3 unspecified atom stereocenters. The first kappa shape index (κ1) is 11.5. The Labute approximate surface area is 103 Å². The third kappa shape index (κ3) is 2.82. The van der Waals surface area contributed by atoms with Crippen LogP contribution in [0.3, 0.4) is 0 Å². The van der Waals surface area contributed by atoms with Crippen molar-refractivity contribution < 1.29 is 9.53 Å². The molecule has 0 aromatic rings. The highest BCUT2D eigenvalue weighted by atomic mass is 16.5. The summed E-state index contributed by atoms with van der Waals surface area (Å²) in [5.74, 6) is 1.49. The molecule has 1 heterocycles. The van der Waals surface area contributed by atoms with Crippen LogP contribution in [0.1, 0.15) is 51.4 Å². The summed E-state index contributed by atoms with van der Waals surface area (Å²) in [4.78, 5) is 11.9. The fourth-order valence-corrected chi connectivity index (χ4v) is 3.27. The third-order valence-corrected chi connectivity index (χ3v) is 4.59. The van der Waals surface area contributed by atoms with E-state index in [4.69, 9.17) is 4.74 Å². The van der Waals surface area contributed by atoms with Crippen molar-refractivity contribution in [2.24, 2.45) is 11.8 Å². The van der Waals surface area contributed by atoms with Gasteiger partial charge in [0.05, 0.1) is 6.61 Å². The van der Waals surface area contributed by atoms with E-state index >= 15 is 0 Å². The molecule has 3 rings (SSSR count). The maximum atomic E-state index is 11.9. The van der Waals surface area contributed by atoms with Crippen molar-refractivity contribution in [1.29, 1.82) is 0 Å². The molecule has 0 aromatic heterocycles. The second kappa shape index (κ2) is 4.97. The standard InChI is InChI=1S/C14H23NO2/c16-14(17-9-10-5-6-10)13-8-7-11-3-1-2-4-12(11)15-13/h10-13,15H,1-9H2. The Balaban J connectivity index is 1.48. The van der Waals surface area contributed by atoms with Gasteiger partial charge in [-0.2, -0.15) is 0 Å². The second-order valence-electron chi connectivity index (χ2n) is 6.02. The Bertz CT molecular complexity index is 288. The molecule has 0 aromatic carbocycles. The summed E-state index contributed by atoms with van der Waals surface area (Å²) in [5, 5.41) is 3.52. The van der Waals surface area contributed by atoms with Crippen molar-refractivity contribution in [2.75, 3.05) is 6.61 Å². The van der Waals surface area contributed by atoms with Crippen LogP contribution in [0.2, 0.25) is 0 Å². The van der Waals surface area contributed by atoms with E-state index in [-0.39, 0.29) is 12.0 Å². The van der Waals surface area contributed by atoms with E-state index in [0.717, 1.165) is 12.3 Å². The zero-order chi connectivity index (χ0) is 11.7. The van der Waals surface area contributed by atoms with Crippen molar-refractivity contribution in [3.63, 3.8) is 0 Å². The fourth-order valence-electron chi connectivity index (χ4n) is 3.27. The average molecular weight is 237 g/mol. The Morgan fingerprint density at radius 2 is 1.88 bits per heavy atom. The summed E-state index contributed by atoms with van der Waals surface area (Å²) in [6.45, 7) is 0.658. The number of carbonyl (C=O) groups excluding carboxylic acids is 1. The van der Waals surface area contributed by atoms with Crippen LogP contribution in [0.5, 0.6) is 0 Å². The number of rotatable bonds is 3. The van der Waals surface area contributed by atoms with Gasteiger partial charge in [-0.1, -0.05) is 12.8 Å². The summed E-state index contributed by atoms with van der Waals surface area (Å²) in [6, 6.07) is 0.559. The largest absolute Gasteiger partial charge is 0.464 e. The topological polar surface area (TPSA) is 38.3 Å². The monoisotopic (exact) mass is 237 g/mol. The molecule has 2 saturated carbocycles. The molecule has 3 heteroatoms.